The molecule has 0 aliphatic carbocycles. The van der Waals surface area contributed by atoms with Crippen LogP contribution in [0.15, 0.2) is 42.7 Å². The molecule has 0 unspecified atom stereocenters. The Kier molecular flexibility index (Phi) is 2.75. The number of hydrogen-bond donors (Lipinski definition) is 1. The molecule has 4 aromatic heterocycles. The Labute approximate surface area is 126 Å². The van der Waals surface area contributed by atoms with E-state index in [4.69, 9.17) is 0 Å². The van der Waals surface area contributed by atoms with Crippen molar-refractivity contribution in [3.8, 4) is 22.5 Å². The third kappa shape index (κ3) is 1.96. The van der Waals surface area contributed by atoms with E-state index in [2.05, 4.69) is 25.4 Å². The van der Waals surface area contributed by atoms with Crippen molar-refractivity contribution in [3.63, 3.8) is 0 Å². The minimum Gasteiger partial charge on any atom is -0.286 e. The van der Waals surface area contributed by atoms with Crippen LogP contribution in [0, 0.1) is 13.8 Å². The first-order chi connectivity index (χ1) is 10.7. The summed E-state index contributed by atoms with van der Waals surface area (Å²) in [6.07, 6.45) is 3.84. The van der Waals surface area contributed by atoms with Gasteiger partial charge in [0, 0.05) is 23.0 Å². The monoisotopic (exact) mass is 290 g/mol. The number of hydrogen-bond acceptors (Lipinski definition) is 4. The van der Waals surface area contributed by atoms with Gasteiger partial charge >= 0.3 is 0 Å². The normalized spacial score (nSPS) is 11.2. The van der Waals surface area contributed by atoms with Crippen LogP contribution in [-0.2, 0) is 0 Å². The van der Waals surface area contributed by atoms with Gasteiger partial charge in [-0.2, -0.15) is 5.10 Å². The van der Waals surface area contributed by atoms with Crippen molar-refractivity contribution in [2.75, 3.05) is 0 Å². The summed E-state index contributed by atoms with van der Waals surface area (Å²) in [6.45, 7) is 3.91. The summed E-state index contributed by atoms with van der Waals surface area (Å²) in [5, 5.41) is 15.4. The van der Waals surface area contributed by atoms with Crippen LogP contribution in [0.2, 0.25) is 0 Å². The number of fused-ring (bicyclic) bond motifs is 1. The highest BCUT2D eigenvalue weighted by molar-refractivity contribution is 5.78. The largest absolute Gasteiger partial charge is 0.286 e. The molecule has 22 heavy (non-hydrogen) atoms. The Hall–Kier alpha value is -3.02. The molecule has 4 aromatic rings. The molecule has 0 saturated carbocycles. The molecule has 4 heterocycles. The number of rotatable bonds is 2. The van der Waals surface area contributed by atoms with Gasteiger partial charge in [0.05, 0.1) is 17.6 Å². The number of H-pyrrole nitrogens is 1. The van der Waals surface area contributed by atoms with E-state index in [0.29, 0.717) is 0 Å². The maximum Gasteiger partial charge on any atom is 0.160 e. The zero-order valence-electron chi connectivity index (χ0n) is 12.3. The fraction of sp³-hybridized carbons (Fsp3) is 0.125. The fourth-order valence-electron chi connectivity index (χ4n) is 2.55. The van der Waals surface area contributed by atoms with Gasteiger partial charge in [0.2, 0.25) is 0 Å². The molecule has 0 aromatic carbocycles. The minimum absolute atomic E-state index is 0.833. The number of nitrogens with one attached hydrogen (secondary N) is 1. The first-order valence-corrected chi connectivity index (χ1v) is 7.01. The number of nitrogens with zero attached hydrogens (tertiary/aromatic N) is 5. The van der Waals surface area contributed by atoms with Crippen molar-refractivity contribution in [3.05, 3.63) is 54.2 Å². The molecule has 0 atom stereocenters. The highest BCUT2D eigenvalue weighted by Gasteiger charge is 2.12. The van der Waals surface area contributed by atoms with Crippen LogP contribution < -0.4 is 0 Å². The van der Waals surface area contributed by atoms with Gasteiger partial charge in [0.15, 0.2) is 5.65 Å². The molecule has 0 aliphatic heterocycles. The Morgan fingerprint density at radius 2 is 1.95 bits per heavy atom. The molecule has 0 bridgehead atoms. The quantitative estimate of drug-likeness (QED) is 0.616. The van der Waals surface area contributed by atoms with E-state index in [-0.39, 0.29) is 0 Å². The molecule has 0 radical (unpaired) electrons. The lowest BCUT2D eigenvalue weighted by Crippen LogP contribution is -1.91. The van der Waals surface area contributed by atoms with E-state index in [1.807, 2.05) is 61.0 Å². The average Bonchev–Trinajstić information content (AvgIpc) is 3.14. The van der Waals surface area contributed by atoms with E-state index >= 15 is 0 Å². The van der Waals surface area contributed by atoms with Crippen LogP contribution in [0.25, 0.3) is 28.2 Å². The second kappa shape index (κ2) is 4.77. The van der Waals surface area contributed by atoms with E-state index in [1.165, 1.54) is 0 Å². The third-order valence-electron chi connectivity index (χ3n) is 3.67. The molecule has 4 rings (SSSR count). The first kappa shape index (κ1) is 12.7. The molecule has 6 nitrogen and oxygen atoms in total. The molecule has 6 heteroatoms. The summed E-state index contributed by atoms with van der Waals surface area (Å²) in [5.74, 6) is 0.857. The summed E-state index contributed by atoms with van der Waals surface area (Å²) in [4.78, 5) is 4.57. The number of aromatic nitrogens is 6. The lowest BCUT2D eigenvalue weighted by atomic mass is 10.1. The van der Waals surface area contributed by atoms with Crippen molar-refractivity contribution in [2.45, 2.75) is 13.8 Å². The van der Waals surface area contributed by atoms with Gasteiger partial charge in [-0.1, -0.05) is 6.07 Å². The van der Waals surface area contributed by atoms with E-state index in [9.17, 15) is 0 Å². The highest BCUT2D eigenvalue weighted by Crippen LogP contribution is 2.29. The molecule has 108 valence electrons. The molecule has 1 N–H and O–H groups in total. The molecule has 0 aliphatic rings. The minimum atomic E-state index is 0.833. The van der Waals surface area contributed by atoms with Gasteiger partial charge in [-0.15, -0.1) is 10.2 Å². The Morgan fingerprint density at radius 3 is 2.82 bits per heavy atom. The topological polar surface area (TPSA) is 71.8 Å². The summed E-state index contributed by atoms with van der Waals surface area (Å²) < 4.78 is 1.97. The lowest BCUT2D eigenvalue weighted by Gasteiger charge is -2.05. The molecular weight excluding hydrogens is 276 g/mol. The molecular formula is C16H14N6. The van der Waals surface area contributed by atoms with Crippen molar-refractivity contribution < 1.29 is 0 Å². The fourth-order valence-corrected chi connectivity index (χ4v) is 2.55. The smallest absolute Gasteiger partial charge is 0.160 e. The zero-order chi connectivity index (χ0) is 15.1. The van der Waals surface area contributed by atoms with E-state index < -0.39 is 0 Å². The molecule has 0 amide bonds. The number of aryl methyl sites for hydroxylation is 2. The summed E-state index contributed by atoms with van der Waals surface area (Å²) in [6, 6.07) is 9.93. The number of pyridine rings is 2. The highest BCUT2D eigenvalue weighted by atomic mass is 15.2. The van der Waals surface area contributed by atoms with Crippen LogP contribution in [0.3, 0.4) is 0 Å². The Bertz CT molecular complexity index is 966. The predicted octanol–water partition coefficient (Wildman–Crippen LogP) is 2.80. The summed E-state index contributed by atoms with van der Waals surface area (Å²) >= 11 is 0. The van der Waals surface area contributed by atoms with Gasteiger partial charge in [0.1, 0.15) is 5.82 Å². The maximum absolute atomic E-state index is 4.57. The van der Waals surface area contributed by atoms with Crippen LogP contribution in [0.4, 0.5) is 0 Å². The second-order valence-corrected chi connectivity index (χ2v) is 5.22. The molecule has 0 saturated heterocycles. The number of aromatic amines is 1. The van der Waals surface area contributed by atoms with Crippen LogP contribution in [0.1, 0.15) is 11.5 Å². The van der Waals surface area contributed by atoms with Crippen molar-refractivity contribution in [1.29, 1.82) is 0 Å². The van der Waals surface area contributed by atoms with Gasteiger partial charge in [-0.3, -0.25) is 14.5 Å². The van der Waals surface area contributed by atoms with Gasteiger partial charge < -0.3 is 0 Å². The molecule has 0 spiro atoms. The van der Waals surface area contributed by atoms with E-state index in [1.54, 1.807) is 0 Å². The standard InChI is InChI=1S/C16H14N6/c1-10-4-3-5-14(18-10)16-13(8-17-21-16)12-6-7-15-20-19-11(2)22(15)9-12/h3-9H,1-2H3,(H,17,21). The van der Waals surface area contributed by atoms with Crippen molar-refractivity contribution in [1.82, 2.24) is 29.8 Å². The van der Waals surface area contributed by atoms with Crippen molar-refractivity contribution in [2.24, 2.45) is 0 Å². The Morgan fingerprint density at radius 1 is 1.05 bits per heavy atom. The summed E-state index contributed by atoms with van der Waals surface area (Å²) in [5.41, 5.74) is 5.65. The SMILES string of the molecule is Cc1cccc(-c2[nH]ncc2-c2ccc3nnc(C)n3c2)n1. The van der Waals surface area contributed by atoms with E-state index in [0.717, 1.165) is 39.7 Å². The predicted molar refractivity (Wildman–Crippen MR) is 83.3 cm³/mol. The van der Waals surface area contributed by atoms with Crippen molar-refractivity contribution >= 4 is 5.65 Å². The second-order valence-electron chi connectivity index (χ2n) is 5.22. The van der Waals surface area contributed by atoms with Crippen LogP contribution in [-0.4, -0.2) is 29.8 Å². The average molecular weight is 290 g/mol. The Balaban J connectivity index is 1.89. The summed E-state index contributed by atoms with van der Waals surface area (Å²) in [7, 11) is 0. The maximum atomic E-state index is 4.57. The van der Waals surface area contributed by atoms with Crippen LogP contribution >= 0.6 is 0 Å². The lowest BCUT2D eigenvalue weighted by molar-refractivity contribution is 1.01. The van der Waals surface area contributed by atoms with Crippen LogP contribution in [0.5, 0.6) is 0 Å². The van der Waals surface area contributed by atoms with Gasteiger partial charge in [-0.05, 0) is 38.1 Å². The zero-order valence-corrected chi connectivity index (χ0v) is 12.3. The van der Waals surface area contributed by atoms with Gasteiger partial charge in [0.25, 0.3) is 0 Å². The first-order valence-electron chi connectivity index (χ1n) is 7.01. The molecule has 0 fully saturated rings. The third-order valence-corrected chi connectivity index (χ3v) is 3.67. The van der Waals surface area contributed by atoms with Gasteiger partial charge in [-0.25, -0.2) is 0 Å².